The van der Waals surface area contributed by atoms with Crippen molar-refractivity contribution >= 4 is 45.8 Å². The molecule has 0 radical (unpaired) electrons. The second kappa shape index (κ2) is 8.61. The average Bonchev–Trinajstić information content (AvgIpc) is 3.14. The summed E-state index contributed by atoms with van der Waals surface area (Å²) in [6.07, 6.45) is 0. The number of fused-ring (bicyclic) bond motifs is 1. The lowest BCUT2D eigenvalue weighted by molar-refractivity contribution is 0.102. The van der Waals surface area contributed by atoms with Crippen molar-refractivity contribution in [2.75, 3.05) is 12.4 Å². The highest BCUT2D eigenvalue weighted by Crippen LogP contribution is 2.35. The van der Waals surface area contributed by atoms with Gasteiger partial charge < -0.3 is 10.1 Å². The molecule has 0 saturated heterocycles. The number of amides is 1. The molecule has 0 unspecified atom stereocenters. The third kappa shape index (κ3) is 4.38. The van der Waals surface area contributed by atoms with E-state index in [0.29, 0.717) is 27.3 Å². The molecule has 0 atom stereocenters. The van der Waals surface area contributed by atoms with Crippen LogP contribution in [-0.4, -0.2) is 23.2 Å². The number of aromatic amines is 1. The van der Waals surface area contributed by atoms with Crippen molar-refractivity contribution in [3.05, 3.63) is 75.8 Å². The van der Waals surface area contributed by atoms with Crippen LogP contribution in [0.3, 0.4) is 0 Å². The second-order valence-corrected chi connectivity index (χ2v) is 8.43. The molecule has 0 aliphatic rings. The zero-order valence-corrected chi connectivity index (χ0v) is 18.8. The number of rotatable bonds is 5. The number of anilines is 1. The smallest absolute Gasteiger partial charge is 0.256 e. The maximum absolute atomic E-state index is 12.6. The van der Waals surface area contributed by atoms with Crippen LogP contribution in [0.25, 0.3) is 22.0 Å². The Morgan fingerprint density at radius 2 is 1.77 bits per heavy atom. The van der Waals surface area contributed by atoms with Crippen LogP contribution in [0.4, 0.5) is 5.82 Å². The maximum atomic E-state index is 12.6. The number of benzene rings is 3. The van der Waals surface area contributed by atoms with E-state index in [0.717, 1.165) is 27.8 Å². The number of carbonyl (C=O) groups is 1. The largest absolute Gasteiger partial charge is 0.496 e. The molecule has 7 heteroatoms. The number of halogens is 2. The third-order valence-corrected chi connectivity index (χ3v) is 5.56. The van der Waals surface area contributed by atoms with Crippen molar-refractivity contribution in [1.82, 2.24) is 10.2 Å². The van der Waals surface area contributed by atoms with Gasteiger partial charge in [0.25, 0.3) is 5.91 Å². The van der Waals surface area contributed by atoms with Crippen LogP contribution in [0, 0.1) is 0 Å². The van der Waals surface area contributed by atoms with Gasteiger partial charge in [-0.1, -0.05) is 49.2 Å². The van der Waals surface area contributed by atoms with Gasteiger partial charge in [-0.2, -0.15) is 5.10 Å². The Labute approximate surface area is 190 Å². The van der Waals surface area contributed by atoms with Gasteiger partial charge in [0.2, 0.25) is 0 Å². The van der Waals surface area contributed by atoms with E-state index in [1.165, 1.54) is 5.56 Å². The molecule has 158 valence electrons. The number of ether oxygens (including phenoxy) is 1. The van der Waals surface area contributed by atoms with Crippen LogP contribution in [0.2, 0.25) is 10.0 Å². The van der Waals surface area contributed by atoms with Gasteiger partial charge in [0, 0.05) is 26.6 Å². The molecule has 1 heterocycles. The number of nitrogens with one attached hydrogen (secondary N) is 2. The molecule has 0 saturated carbocycles. The Balaban J connectivity index is 1.67. The van der Waals surface area contributed by atoms with Crippen molar-refractivity contribution in [1.29, 1.82) is 0 Å². The second-order valence-electron chi connectivity index (χ2n) is 7.56. The summed E-state index contributed by atoms with van der Waals surface area (Å²) in [6.45, 7) is 4.32. The number of carbonyl (C=O) groups excluding carboxylic acids is 1. The molecule has 0 bridgehead atoms. The van der Waals surface area contributed by atoms with E-state index < -0.39 is 0 Å². The minimum Gasteiger partial charge on any atom is -0.496 e. The van der Waals surface area contributed by atoms with Crippen LogP contribution in [-0.2, 0) is 0 Å². The average molecular weight is 454 g/mol. The van der Waals surface area contributed by atoms with E-state index in [-0.39, 0.29) is 5.91 Å². The lowest BCUT2D eigenvalue weighted by Crippen LogP contribution is -2.12. The Morgan fingerprint density at radius 1 is 1.03 bits per heavy atom. The lowest BCUT2D eigenvalue weighted by Gasteiger charge is -2.13. The first-order valence-corrected chi connectivity index (χ1v) is 10.5. The predicted octanol–water partition coefficient (Wildman–Crippen LogP) is 6.92. The van der Waals surface area contributed by atoms with Crippen molar-refractivity contribution < 1.29 is 9.53 Å². The van der Waals surface area contributed by atoms with E-state index >= 15 is 0 Å². The number of methoxy groups -OCH3 is 1. The normalized spacial score (nSPS) is 11.2. The van der Waals surface area contributed by atoms with Gasteiger partial charge in [0.1, 0.15) is 5.75 Å². The number of nitrogens with zero attached hydrogens (tertiary/aromatic N) is 1. The molecule has 1 amide bonds. The van der Waals surface area contributed by atoms with Gasteiger partial charge in [0.05, 0.1) is 12.6 Å². The van der Waals surface area contributed by atoms with Crippen molar-refractivity contribution in [3.8, 4) is 16.9 Å². The quantitative estimate of drug-likeness (QED) is 0.344. The standard InChI is InChI=1S/C24H21Cl2N3O2/c1-13(2)14-5-7-22(31-3)20(10-14)15-4-6-19-21(11-15)28-29-23(19)27-24(30)16-8-17(25)12-18(26)9-16/h4-13H,1-3H3,(H2,27,28,29,30). The van der Waals surface area contributed by atoms with E-state index in [9.17, 15) is 4.79 Å². The van der Waals surface area contributed by atoms with Crippen molar-refractivity contribution in [2.45, 2.75) is 19.8 Å². The Morgan fingerprint density at radius 3 is 2.45 bits per heavy atom. The van der Waals surface area contributed by atoms with Gasteiger partial charge >= 0.3 is 0 Å². The Bertz CT molecular complexity index is 1260. The molecular weight excluding hydrogens is 433 g/mol. The molecule has 4 aromatic rings. The van der Waals surface area contributed by atoms with Crippen LogP contribution in [0.5, 0.6) is 5.75 Å². The monoisotopic (exact) mass is 453 g/mol. The van der Waals surface area contributed by atoms with Gasteiger partial charge in [-0.15, -0.1) is 0 Å². The molecule has 31 heavy (non-hydrogen) atoms. The van der Waals surface area contributed by atoms with Crippen LogP contribution < -0.4 is 10.1 Å². The summed E-state index contributed by atoms with van der Waals surface area (Å²) in [5, 5.41) is 11.7. The SMILES string of the molecule is COc1ccc(C(C)C)cc1-c1ccc2c(NC(=O)c3cc(Cl)cc(Cl)c3)n[nH]c2c1. The topological polar surface area (TPSA) is 67.0 Å². The summed E-state index contributed by atoms with van der Waals surface area (Å²) in [6, 6.07) is 16.8. The summed E-state index contributed by atoms with van der Waals surface area (Å²) in [4.78, 5) is 12.6. The number of H-pyrrole nitrogens is 1. The molecule has 0 fully saturated rings. The summed E-state index contributed by atoms with van der Waals surface area (Å²) in [7, 11) is 1.67. The molecule has 1 aromatic heterocycles. The van der Waals surface area contributed by atoms with Crippen molar-refractivity contribution in [2.24, 2.45) is 0 Å². The summed E-state index contributed by atoms with van der Waals surface area (Å²) >= 11 is 12.0. The molecule has 2 N–H and O–H groups in total. The lowest BCUT2D eigenvalue weighted by atomic mass is 9.96. The summed E-state index contributed by atoms with van der Waals surface area (Å²) in [5.74, 6) is 1.30. The van der Waals surface area contributed by atoms with Crippen molar-refractivity contribution in [3.63, 3.8) is 0 Å². The van der Waals surface area contributed by atoms with Crippen LogP contribution in [0.1, 0.15) is 35.7 Å². The highest BCUT2D eigenvalue weighted by molar-refractivity contribution is 6.35. The highest BCUT2D eigenvalue weighted by atomic mass is 35.5. The Kier molecular flexibility index (Phi) is 5.90. The highest BCUT2D eigenvalue weighted by Gasteiger charge is 2.15. The molecular formula is C24H21Cl2N3O2. The minimum atomic E-state index is -0.340. The number of hydrogen-bond donors (Lipinski definition) is 2. The zero-order valence-electron chi connectivity index (χ0n) is 17.3. The van der Waals surface area contributed by atoms with Crippen LogP contribution >= 0.6 is 23.2 Å². The zero-order chi connectivity index (χ0) is 22.1. The summed E-state index contributed by atoms with van der Waals surface area (Å²) in [5.41, 5.74) is 4.39. The van der Waals surface area contributed by atoms with E-state index in [1.807, 2.05) is 24.3 Å². The molecule has 0 aliphatic heterocycles. The fourth-order valence-electron chi connectivity index (χ4n) is 3.46. The fraction of sp³-hybridized carbons (Fsp3) is 0.167. The first-order chi connectivity index (χ1) is 14.9. The number of aromatic nitrogens is 2. The first-order valence-electron chi connectivity index (χ1n) is 9.79. The first kappa shape index (κ1) is 21.2. The third-order valence-electron chi connectivity index (χ3n) is 5.12. The minimum absolute atomic E-state index is 0.340. The molecule has 5 nitrogen and oxygen atoms in total. The number of hydrogen-bond acceptors (Lipinski definition) is 3. The maximum Gasteiger partial charge on any atom is 0.256 e. The molecule has 0 aliphatic carbocycles. The summed E-state index contributed by atoms with van der Waals surface area (Å²) < 4.78 is 5.57. The van der Waals surface area contributed by atoms with Gasteiger partial charge in [0.15, 0.2) is 5.82 Å². The van der Waals surface area contributed by atoms with Crippen LogP contribution in [0.15, 0.2) is 54.6 Å². The van der Waals surface area contributed by atoms with E-state index in [2.05, 4.69) is 41.5 Å². The predicted molar refractivity (Wildman–Crippen MR) is 127 cm³/mol. The van der Waals surface area contributed by atoms with Gasteiger partial charge in [-0.05, 0) is 59.5 Å². The van der Waals surface area contributed by atoms with E-state index in [4.69, 9.17) is 27.9 Å². The molecule has 0 spiro atoms. The van der Waals surface area contributed by atoms with Gasteiger partial charge in [-0.25, -0.2) is 0 Å². The fourth-order valence-corrected chi connectivity index (χ4v) is 3.98. The Hall–Kier alpha value is -3.02. The van der Waals surface area contributed by atoms with E-state index in [1.54, 1.807) is 25.3 Å². The molecule has 4 rings (SSSR count). The molecule has 3 aromatic carbocycles. The van der Waals surface area contributed by atoms with Gasteiger partial charge in [-0.3, -0.25) is 9.89 Å².